The molecule has 3 nitrogen and oxygen atoms in total. The number of hydrogen-bond donors (Lipinski definition) is 2. The smallest absolute Gasteiger partial charge is 0.103 e. The van der Waals surface area contributed by atoms with Crippen LogP contribution in [0.2, 0.25) is 0 Å². The first-order valence-corrected chi connectivity index (χ1v) is 8.39. The highest BCUT2D eigenvalue weighted by Gasteiger charge is 2.38. The van der Waals surface area contributed by atoms with Crippen LogP contribution in [0.1, 0.15) is 5.56 Å². The van der Waals surface area contributed by atoms with E-state index in [-0.39, 0.29) is 30.2 Å². The Hall–Kier alpha value is -1.56. The van der Waals surface area contributed by atoms with Crippen molar-refractivity contribution in [1.82, 2.24) is 0 Å². The molecule has 0 saturated carbocycles. The van der Waals surface area contributed by atoms with E-state index in [1.54, 1.807) is 18.0 Å². The van der Waals surface area contributed by atoms with Gasteiger partial charge in [0.1, 0.15) is 5.54 Å². The van der Waals surface area contributed by atoms with Gasteiger partial charge in [0.15, 0.2) is 0 Å². The van der Waals surface area contributed by atoms with Crippen molar-refractivity contribution in [1.29, 1.82) is 0 Å². The summed E-state index contributed by atoms with van der Waals surface area (Å²) in [5.41, 5.74) is 16.5. The molecule has 4 N–H and O–H groups in total. The van der Waals surface area contributed by atoms with Crippen LogP contribution in [0.5, 0.6) is 0 Å². The number of nitrogens with zero attached hydrogens (tertiary/aromatic N) is 1. The van der Waals surface area contributed by atoms with Gasteiger partial charge in [-0.15, -0.1) is 36.6 Å². The molecule has 0 radical (unpaired) electrons. The molecule has 0 aliphatic carbocycles. The summed E-state index contributed by atoms with van der Waals surface area (Å²) in [7, 11) is 0. The molecule has 2 aromatic rings. The van der Waals surface area contributed by atoms with Crippen molar-refractivity contribution < 1.29 is 0 Å². The Balaban J connectivity index is 0.00000113. The number of halogens is 2. The summed E-state index contributed by atoms with van der Waals surface area (Å²) in [6.45, 7) is 0. The summed E-state index contributed by atoms with van der Waals surface area (Å²) in [4.78, 5) is 5.40. The standard InChI is InChI=1S/C19H17N3S.2ClH/c20-18-10-16-17(23-18)11-22-12-19(16,21)15-8-6-14(7-9-15)13-4-2-1-3-5-13;;/h1-12,18H,20-21H2;2*1H. The fourth-order valence-corrected chi connectivity index (χ4v) is 4.01. The highest BCUT2D eigenvalue weighted by molar-refractivity contribution is 8.04. The second-order valence-corrected chi connectivity index (χ2v) is 6.97. The molecule has 0 bridgehead atoms. The highest BCUT2D eigenvalue weighted by Crippen LogP contribution is 2.44. The summed E-state index contributed by atoms with van der Waals surface area (Å²) in [6.07, 6.45) is 5.68. The zero-order valence-electron chi connectivity index (χ0n) is 13.3. The van der Waals surface area contributed by atoms with E-state index in [0.29, 0.717) is 0 Å². The molecular weight excluding hydrogens is 373 g/mol. The predicted molar refractivity (Wildman–Crippen MR) is 112 cm³/mol. The third-order valence-corrected chi connectivity index (χ3v) is 5.23. The Morgan fingerprint density at radius 2 is 1.56 bits per heavy atom. The molecule has 2 aliphatic rings. The minimum Gasteiger partial charge on any atom is -0.316 e. The number of aliphatic imine (C=N–C) groups is 1. The molecule has 0 amide bonds. The van der Waals surface area contributed by atoms with Gasteiger partial charge in [0.2, 0.25) is 0 Å². The van der Waals surface area contributed by atoms with Crippen LogP contribution in [0.15, 0.2) is 82.3 Å². The van der Waals surface area contributed by atoms with Crippen molar-refractivity contribution in [2.24, 2.45) is 16.5 Å². The monoisotopic (exact) mass is 391 g/mol. The molecule has 0 fully saturated rings. The van der Waals surface area contributed by atoms with Crippen molar-refractivity contribution in [3.63, 3.8) is 0 Å². The number of rotatable bonds is 2. The van der Waals surface area contributed by atoms with E-state index >= 15 is 0 Å². The summed E-state index contributed by atoms with van der Waals surface area (Å²) >= 11 is 1.60. The molecule has 0 spiro atoms. The number of thioether (sulfide) groups is 1. The fourth-order valence-electron chi connectivity index (χ4n) is 3.02. The molecule has 25 heavy (non-hydrogen) atoms. The second kappa shape index (κ2) is 7.77. The second-order valence-electron chi connectivity index (χ2n) is 5.75. The first-order valence-electron chi connectivity index (χ1n) is 7.51. The van der Waals surface area contributed by atoms with Crippen molar-refractivity contribution in [3.05, 3.63) is 82.9 Å². The summed E-state index contributed by atoms with van der Waals surface area (Å²) in [5.74, 6) is 0. The number of fused-ring (bicyclic) bond motifs is 1. The van der Waals surface area contributed by atoms with Crippen LogP contribution < -0.4 is 11.5 Å². The van der Waals surface area contributed by atoms with Crippen LogP contribution in [0.4, 0.5) is 0 Å². The molecule has 4 rings (SSSR count). The van der Waals surface area contributed by atoms with E-state index in [1.165, 1.54) is 11.1 Å². The van der Waals surface area contributed by atoms with E-state index in [2.05, 4.69) is 41.4 Å². The van der Waals surface area contributed by atoms with Crippen molar-refractivity contribution in [2.45, 2.75) is 10.9 Å². The average Bonchev–Trinajstić information content (AvgIpc) is 2.98. The molecule has 2 atom stereocenters. The molecule has 2 aliphatic heterocycles. The average molecular weight is 392 g/mol. The van der Waals surface area contributed by atoms with Gasteiger partial charge in [0.05, 0.1) is 5.37 Å². The molecule has 2 heterocycles. The normalized spacial score (nSPS) is 23.7. The van der Waals surface area contributed by atoms with Crippen molar-refractivity contribution in [3.8, 4) is 11.1 Å². The highest BCUT2D eigenvalue weighted by atomic mass is 35.5. The van der Waals surface area contributed by atoms with Crippen LogP contribution in [0.25, 0.3) is 11.1 Å². The lowest BCUT2D eigenvalue weighted by molar-refractivity contribution is 0.732. The van der Waals surface area contributed by atoms with Crippen molar-refractivity contribution >= 4 is 42.8 Å². The maximum Gasteiger partial charge on any atom is 0.103 e. The third kappa shape index (κ3) is 3.54. The molecule has 0 saturated heterocycles. The Labute approximate surface area is 164 Å². The molecule has 0 aromatic heterocycles. The molecule has 2 aromatic carbocycles. The lowest BCUT2D eigenvalue weighted by Gasteiger charge is -2.30. The minimum absolute atomic E-state index is 0. The molecule has 130 valence electrons. The molecular formula is C19H19Cl2N3S. The predicted octanol–water partition coefficient (Wildman–Crippen LogP) is 4.24. The minimum atomic E-state index is -0.708. The van der Waals surface area contributed by atoms with Crippen LogP contribution in [-0.2, 0) is 5.54 Å². The van der Waals surface area contributed by atoms with Gasteiger partial charge in [-0.3, -0.25) is 4.99 Å². The lowest BCUT2D eigenvalue weighted by atomic mass is 9.82. The van der Waals surface area contributed by atoms with E-state index < -0.39 is 5.54 Å². The topological polar surface area (TPSA) is 64.4 Å². The number of hydrogen-bond acceptors (Lipinski definition) is 4. The number of nitrogens with two attached hydrogens (primary N) is 2. The van der Waals surface area contributed by atoms with Gasteiger partial charge >= 0.3 is 0 Å². The number of benzene rings is 2. The lowest BCUT2D eigenvalue weighted by Crippen LogP contribution is -2.41. The third-order valence-electron chi connectivity index (χ3n) is 4.24. The maximum atomic E-state index is 6.69. The van der Waals surface area contributed by atoms with E-state index in [1.807, 2.05) is 30.5 Å². The zero-order valence-corrected chi connectivity index (χ0v) is 15.8. The van der Waals surface area contributed by atoms with E-state index in [4.69, 9.17) is 11.5 Å². The maximum absolute atomic E-state index is 6.69. The van der Waals surface area contributed by atoms with Gasteiger partial charge in [-0.05, 0) is 22.3 Å². The largest absolute Gasteiger partial charge is 0.316 e. The SMILES string of the molecule is Cl.Cl.NC1C=C2C(=CN=CC2(N)c2ccc(-c3ccccc3)cc2)S1. The van der Waals surface area contributed by atoms with Crippen LogP contribution in [0, 0.1) is 0 Å². The first-order chi connectivity index (χ1) is 11.2. The Morgan fingerprint density at radius 3 is 2.24 bits per heavy atom. The molecule has 6 heteroatoms. The van der Waals surface area contributed by atoms with Gasteiger partial charge in [0, 0.05) is 17.3 Å². The van der Waals surface area contributed by atoms with Crippen molar-refractivity contribution in [2.75, 3.05) is 0 Å². The Bertz CT molecular complexity index is 832. The van der Waals surface area contributed by atoms with Gasteiger partial charge in [-0.2, -0.15) is 0 Å². The Kier molecular flexibility index (Phi) is 6.14. The van der Waals surface area contributed by atoms with E-state index in [9.17, 15) is 0 Å². The van der Waals surface area contributed by atoms with Crippen LogP contribution in [-0.4, -0.2) is 11.6 Å². The van der Waals surface area contributed by atoms with Gasteiger partial charge in [-0.1, -0.05) is 60.7 Å². The van der Waals surface area contributed by atoms with Crippen LogP contribution >= 0.6 is 36.6 Å². The van der Waals surface area contributed by atoms with E-state index in [0.717, 1.165) is 16.0 Å². The van der Waals surface area contributed by atoms with Gasteiger partial charge in [-0.25, -0.2) is 0 Å². The first kappa shape index (κ1) is 19.8. The van der Waals surface area contributed by atoms with Gasteiger partial charge < -0.3 is 11.5 Å². The quantitative estimate of drug-likeness (QED) is 0.804. The zero-order chi connectivity index (χ0) is 15.9. The Morgan fingerprint density at radius 1 is 0.920 bits per heavy atom. The van der Waals surface area contributed by atoms with Crippen LogP contribution in [0.3, 0.4) is 0 Å². The fraction of sp³-hybridized carbons (Fsp3) is 0.105. The summed E-state index contributed by atoms with van der Waals surface area (Å²) < 4.78 is 0. The van der Waals surface area contributed by atoms with Gasteiger partial charge in [0.25, 0.3) is 0 Å². The summed E-state index contributed by atoms with van der Waals surface area (Å²) in [6, 6.07) is 18.7. The molecule has 2 unspecified atom stereocenters. The summed E-state index contributed by atoms with van der Waals surface area (Å²) in [5, 5.41) is -0.0514.